The summed E-state index contributed by atoms with van der Waals surface area (Å²) in [7, 11) is 0. The van der Waals surface area contributed by atoms with Gasteiger partial charge in [-0.05, 0) is 30.7 Å². The second-order valence-electron chi connectivity index (χ2n) is 5.44. The Kier molecular flexibility index (Phi) is 5.32. The lowest BCUT2D eigenvalue weighted by Gasteiger charge is -2.19. The second-order valence-corrected chi connectivity index (χ2v) is 6.39. The van der Waals surface area contributed by atoms with Crippen molar-refractivity contribution in [1.29, 1.82) is 0 Å². The zero-order chi connectivity index (χ0) is 16.1. The molecule has 0 aliphatic carbocycles. The zero-order valence-corrected chi connectivity index (χ0v) is 13.6. The van der Waals surface area contributed by atoms with Crippen LogP contribution in [-0.4, -0.2) is 23.0 Å². The molecule has 0 saturated carbocycles. The Balaban J connectivity index is 2.04. The number of hydrogen-bond donors (Lipinski definition) is 2. The maximum Gasteiger partial charge on any atom is 0.261 e. The second kappa shape index (κ2) is 7.22. The van der Waals surface area contributed by atoms with E-state index in [0.29, 0.717) is 22.9 Å². The average molecular weight is 321 g/mol. The molecule has 22 heavy (non-hydrogen) atoms. The van der Waals surface area contributed by atoms with Crippen LogP contribution in [0.2, 0.25) is 0 Å². The third-order valence-electron chi connectivity index (χ3n) is 2.95. The van der Waals surface area contributed by atoms with E-state index in [1.807, 2.05) is 19.2 Å². The van der Waals surface area contributed by atoms with Crippen molar-refractivity contribution >= 4 is 29.0 Å². The summed E-state index contributed by atoms with van der Waals surface area (Å²) in [5.41, 5.74) is 0. The number of nitrogens with one attached hydrogen (secondary N) is 2. The molecule has 0 aliphatic rings. The van der Waals surface area contributed by atoms with Crippen molar-refractivity contribution < 1.29 is 14.1 Å². The maximum atomic E-state index is 12.4. The molecule has 0 fully saturated rings. The van der Waals surface area contributed by atoms with Gasteiger partial charge in [0.25, 0.3) is 5.91 Å². The Morgan fingerprint density at radius 1 is 1.41 bits per heavy atom. The highest BCUT2D eigenvalue weighted by atomic mass is 32.1. The molecule has 0 radical (unpaired) electrons. The van der Waals surface area contributed by atoms with E-state index in [2.05, 4.69) is 15.8 Å². The van der Waals surface area contributed by atoms with Gasteiger partial charge in [0, 0.05) is 6.07 Å². The Hall–Kier alpha value is -2.15. The number of carbonyl (C=O) groups excluding carboxylic acids is 2. The fourth-order valence-corrected chi connectivity index (χ4v) is 2.61. The van der Waals surface area contributed by atoms with E-state index in [-0.39, 0.29) is 17.7 Å². The normalized spacial score (nSPS) is 12.2. The van der Waals surface area contributed by atoms with Gasteiger partial charge in [-0.3, -0.25) is 9.59 Å². The van der Waals surface area contributed by atoms with Crippen LogP contribution >= 0.6 is 11.3 Å². The molecule has 0 bridgehead atoms. The summed E-state index contributed by atoms with van der Waals surface area (Å²) in [6.45, 7) is 5.74. The topological polar surface area (TPSA) is 84.2 Å². The number of rotatable bonds is 6. The molecule has 0 aliphatic heterocycles. The summed E-state index contributed by atoms with van der Waals surface area (Å²) in [5.74, 6) is 0.678. The molecular weight excluding hydrogens is 302 g/mol. The van der Waals surface area contributed by atoms with Crippen LogP contribution in [0.4, 0.5) is 5.82 Å². The number of amides is 2. The maximum absolute atomic E-state index is 12.4. The third-order valence-corrected chi connectivity index (χ3v) is 3.82. The summed E-state index contributed by atoms with van der Waals surface area (Å²) in [4.78, 5) is 25.1. The molecule has 0 saturated heterocycles. The molecule has 2 aromatic rings. The van der Waals surface area contributed by atoms with Crippen LogP contribution in [0.15, 0.2) is 28.1 Å². The number of anilines is 1. The lowest BCUT2D eigenvalue weighted by atomic mass is 10.0. The van der Waals surface area contributed by atoms with Gasteiger partial charge in [-0.1, -0.05) is 25.1 Å². The number of aryl methyl sites for hydroxylation is 1. The van der Waals surface area contributed by atoms with E-state index in [4.69, 9.17) is 4.52 Å². The molecular formula is C15H19N3O3S. The molecule has 118 valence electrons. The smallest absolute Gasteiger partial charge is 0.261 e. The van der Waals surface area contributed by atoms with Crippen molar-refractivity contribution in [2.24, 2.45) is 5.92 Å². The number of carbonyl (C=O) groups is 2. The van der Waals surface area contributed by atoms with Gasteiger partial charge in [-0.15, -0.1) is 11.3 Å². The number of nitrogens with zero attached hydrogens (tertiary/aromatic N) is 1. The minimum atomic E-state index is -0.619. The van der Waals surface area contributed by atoms with E-state index in [0.717, 1.165) is 0 Å². The van der Waals surface area contributed by atoms with Gasteiger partial charge in [0.05, 0.1) is 4.88 Å². The first-order valence-corrected chi connectivity index (χ1v) is 7.92. The molecule has 2 aromatic heterocycles. The molecule has 0 spiro atoms. The molecule has 2 heterocycles. The van der Waals surface area contributed by atoms with E-state index >= 15 is 0 Å². The van der Waals surface area contributed by atoms with Gasteiger partial charge in [-0.25, -0.2) is 0 Å². The van der Waals surface area contributed by atoms with Gasteiger partial charge < -0.3 is 15.2 Å². The Morgan fingerprint density at radius 3 is 2.73 bits per heavy atom. The standard InChI is InChI=1S/C15H19N3O3S/c1-9(2)7-11(16-15(20)12-5-4-6-22-12)14(19)17-13-8-10(3)21-18-13/h4-6,8-9,11H,7H2,1-3H3,(H,16,20)(H,17,18,19)/t11-/m0/s1. The first kappa shape index (κ1) is 16.2. The zero-order valence-electron chi connectivity index (χ0n) is 12.8. The van der Waals surface area contributed by atoms with Crippen LogP contribution in [0, 0.1) is 12.8 Å². The number of thiophene rings is 1. The van der Waals surface area contributed by atoms with Gasteiger partial charge in [0.15, 0.2) is 5.82 Å². The molecule has 2 amide bonds. The summed E-state index contributed by atoms with van der Waals surface area (Å²) in [6.07, 6.45) is 0.541. The van der Waals surface area contributed by atoms with Crippen molar-refractivity contribution in [1.82, 2.24) is 10.5 Å². The van der Waals surface area contributed by atoms with Crippen LogP contribution in [0.25, 0.3) is 0 Å². The largest absolute Gasteiger partial charge is 0.360 e. The van der Waals surface area contributed by atoms with E-state index < -0.39 is 6.04 Å². The van der Waals surface area contributed by atoms with Crippen LogP contribution in [0.3, 0.4) is 0 Å². The molecule has 2 rings (SSSR count). The van der Waals surface area contributed by atoms with E-state index in [1.54, 1.807) is 25.1 Å². The summed E-state index contributed by atoms with van der Waals surface area (Å²) in [6, 6.07) is 4.54. The minimum absolute atomic E-state index is 0.243. The lowest BCUT2D eigenvalue weighted by molar-refractivity contribution is -0.118. The summed E-state index contributed by atoms with van der Waals surface area (Å²) < 4.78 is 4.92. The summed E-state index contributed by atoms with van der Waals surface area (Å²) >= 11 is 1.34. The van der Waals surface area contributed by atoms with Gasteiger partial charge in [0.2, 0.25) is 5.91 Å². The Bertz CT molecular complexity index is 634. The highest BCUT2D eigenvalue weighted by molar-refractivity contribution is 7.12. The number of aromatic nitrogens is 1. The monoisotopic (exact) mass is 321 g/mol. The Labute approximate surface area is 132 Å². The van der Waals surface area contributed by atoms with Crippen molar-refractivity contribution in [2.45, 2.75) is 33.2 Å². The van der Waals surface area contributed by atoms with Gasteiger partial charge in [-0.2, -0.15) is 0 Å². The van der Waals surface area contributed by atoms with Crippen LogP contribution in [0.1, 0.15) is 35.7 Å². The molecule has 7 heteroatoms. The minimum Gasteiger partial charge on any atom is -0.360 e. The molecule has 0 unspecified atom stereocenters. The van der Waals surface area contributed by atoms with Crippen LogP contribution < -0.4 is 10.6 Å². The number of hydrogen-bond acceptors (Lipinski definition) is 5. The van der Waals surface area contributed by atoms with Crippen molar-refractivity contribution in [3.05, 3.63) is 34.2 Å². The SMILES string of the molecule is Cc1cc(NC(=O)[C@H](CC(C)C)NC(=O)c2cccs2)no1. The van der Waals surface area contributed by atoms with Gasteiger partial charge in [0.1, 0.15) is 11.8 Å². The molecule has 0 aromatic carbocycles. The van der Waals surface area contributed by atoms with E-state index in [9.17, 15) is 9.59 Å². The van der Waals surface area contributed by atoms with Crippen molar-refractivity contribution in [2.75, 3.05) is 5.32 Å². The fourth-order valence-electron chi connectivity index (χ4n) is 1.98. The average Bonchev–Trinajstić information content (AvgIpc) is 3.09. The predicted octanol–water partition coefficient (Wildman–Crippen LogP) is 2.83. The quantitative estimate of drug-likeness (QED) is 0.857. The highest BCUT2D eigenvalue weighted by Crippen LogP contribution is 2.13. The Morgan fingerprint density at radius 2 is 2.18 bits per heavy atom. The van der Waals surface area contributed by atoms with Crippen LogP contribution in [0.5, 0.6) is 0 Å². The first-order valence-electron chi connectivity index (χ1n) is 7.04. The third kappa shape index (κ3) is 4.42. The first-order chi connectivity index (χ1) is 10.5. The van der Waals surface area contributed by atoms with Crippen LogP contribution in [-0.2, 0) is 4.79 Å². The van der Waals surface area contributed by atoms with E-state index in [1.165, 1.54) is 11.3 Å². The molecule has 6 nitrogen and oxygen atoms in total. The van der Waals surface area contributed by atoms with Gasteiger partial charge >= 0.3 is 0 Å². The molecule has 2 N–H and O–H groups in total. The highest BCUT2D eigenvalue weighted by Gasteiger charge is 2.23. The van der Waals surface area contributed by atoms with Crippen molar-refractivity contribution in [3.8, 4) is 0 Å². The fraction of sp³-hybridized carbons (Fsp3) is 0.400. The predicted molar refractivity (Wildman–Crippen MR) is 84.9 cm³/mol. The van der Waals surface area contributed by atoms with Crippen molar-refractivity contribution in [3.63, 3.8) is 0 Å². The summed E-state index contributed by atoms with van der Waals surface area (Å²) in [5, 5.41) is 11.0. The lowest BCUT2D eigenvalue weighted by Crippen LogP contribution is -2.44. The molecule has 1 atom stereocenters.